The Kier molecular flexibility index (Phi) is 7.00. The first kappa shape index (κ1) is 19.9. The fourth-order valence-electron chi connectivity index (χ4n) is 2.73. The second-order valence-corrected chi connectivity index (χ2v) is 6.05. The van der Waals surface area contributed by atoms with Crippen molar-refractivity contribution < 1.29 is 23.7 Å². The number of nitrogens with zero attached hydrogens (tertiary/aromatic N) is 2. The van der Waals surface area contributed by atoms with Gasteiger partial charge < -0.3 is 18.9 Å². The Labute approximate surface area is 163 Å². The Morgan fingerprint density at radius 1 is 1.11 bits per heavy atom. The van der Waals surface area contributed by atoms with E-state index in [9.17, 15) is 4.79 Å². The van der Waals surface area contributed by atoms with Crippen molar-refractivity contribution in [2.75, 3.05) is 26.9 Å². The molecule has 0 amide bonds. The number of benzene rings is 2. The Balaban J connectivity index is 1.84. The first-order valence-corrected chi connectivity index (χ1v) is 9.14. The molecule has 0 N–H and O–H groups in total. The van der Waals surface area contributed by atoms with E-state index in [1.165, 1.54) is 0 Å². The van der Waals surface area contributed by atoms with Gasteiger partial charge in [0.2, 0.25) is 0 Å². The molecule has 7 heteroatoms. The van der Waals surface area contributed by atoms with Crippen molar-refractivity contribution in [2.24, 2.45) is 0 Å². The maximum atomic E-state index is 12.3. The zero-order chi connectivity index (χ0) is 19.8. The van der Waals surface area contributed by atoms with E-state index < -0.39 is 5.97 Å². The fraction of sp³-hybridized carbons (Fsp3) is 0.333. The van der Waals surface area contributed by atoms with Crippen LogP contribution in [0, 0.1) is 0 Å². The van der Waals surface area contributed by atoms with Crippen molar-refractivity contribution in [3.63, 3.8) is 0 Å². The Bertz CT molecular complexity index is 908. The molecule has 0 aliphatic rings. The van der Waals surface area contributed by atoms with Gasteiger partial charge in [0.1, 0.15) is 19.1 Å². The quantitative estimate of drug-likeness (QED) is 0.394. The van der Waals surface area contributed by atoms with Crippen LogP contribution in [0.15, 0.2) is 48.5 Å². The Morgan fingerprint density at radius 3 is 2.68 bits per heavy atom. The summed E-state index contributed by atoms with van der Waals surface area (Å²) in [5, 5.41) is 5.08. The summed E-state index contributed by atoms with van der Waals surface area (Å²) in [6.45, 7) is 3.61. The molecule has 0 radical (unpaired) electrons. The molecule has 0 unspecified atom stereocenters. The minimum atomic E-state index is -0.457. The summed E-state index contributed by atoms with van der Waals surface area (Å²) in [4.78, 5) is 12.3. The van der Waals surface area contributed by atoms with Crippen LogP contribution in [0.4, 0.5) is 0 Å². The predicted molar refractivity (Wildman–Crippen MR) is 104 cm³/mol. The minimum Gasteiger partial charge on any atom is -0.489 e. The Hall–Kier alpha value is -2.90. The first-order chi connectivity index (χ1) is 13.7. The number of hydrogen-bond donors (Lipinski definition) is 0. The average Bonchev–Trinajstić information content (AvgIpc) is 3.09. The van der Waals surface area contributed by atoms with E-state index in [-0.39, 0.29) is 19.0 Å². The van der Waals surface area contributed by atoms with Crippen LogP contribution >= 0.6 is 0 Å². The fourth-order valence-corrected chi connectivity index (χ4v) is 2.73. The van der Waals surface area contributed by atoms with Crippen molar-refractivity contribution in [2.45, 2.75) is 20.3 Å². The summed E-state index contributed by atoms with van der Waals surface area (Å²) in [6, 6.07) is 15.4. The molecule has 1 aromatic heterocycles. The topological polar surface area (TPSA) is 71.8 Å². The van der Waals surface area contributed by atoms with Gasteiger partial charge in [-0.1, -0.05) is 30.3 Å². The van der Waals surface area contributed by atoms with Crippen LogP contribution in [-0.4, -0.2) is 42.7 Å². The van der Waals surface area contributed by atoms with E-state index in [4.69, 9.17) is 18.9 Å². The van der Waals surface area contributed by atoms with Crippen LogP contribution in [-0.2, 0) is 27.5 Å². The second kappa shape index (κ2) is 9.87. The summed E-state index contributed by atoms with van der Waals surface area (Å²) in [5.41, 5.74) is 2.08. The van der Waals surface area contributed by atoms with Crippen molar-refractivity contribution >= 4 is 16.9 Å². The van der Waals surface area contributed by atoms with E-state index in [2.05, 4.69) is 5.10 Å². The second-order valence-electron chi connectivity index (χ2n) is 6.05. The highest BCUT2D eigenvalue weighted by Crippen LogP contribution is 2.25. The number of carbonyl (C=O) groups excluding carboxylic acids is 1. The molecule has 0 atom stereocenters. The zero-order valence-electron chi connectivity index (χ0n) is 16.1. The van der Waals surface area contributed by atoms with Crippen LogP contribution in [0.1, 0.15) is 23.0 Å². The number of ether oxygens (including phenoxy) is 4. The molecule has 148 valence electrons. The molecule has 3 rings (SSSR count). The molecule has 0 spiro atoms. The molecule has 0 aliphatic carbocycles. The SMILES string of the molecule is CCOC(=O)c1nn(COCCOC)c2cc(OCc3ccccc3)ccc12. The van der Waals surface area contributed by atoms with Crippen molar-refractivity contribution in [3.05, 3.63) is 59.8 Å². The van der Waals surface area contributed by atoms with Crippen LogP contribution in [0.2, 0.25) is 0 Å². The number of esters is 1. The third-order valence-electron chi connectivity index (χ3n) is 4.09. The molecular formula is C21H24N2O5. The monoisotopic (exact) mass is 384 g/mol. The van der Waals surface area contributed by atoms with E-state index in [0.717, 1.165) is 11.1 Å². The molecule has 28 heavy (non-hydrogen) atoms. The van der Waals surface area contributed by atoms with Gasteiger partial charge in [0.05, 0.1) is 25.3 Å². The normalized spacial score (nSPS) is 10.9. The van der Waals surface area contributed by atoms with Crippen LogP contribution in [0.3, 0.4) is 0 Å². The van der Waals surface area contributed by atoms with Crippen LogP contribution < -0.4 is 4.74 Å². The summed E-state index contributed by atoms with van der Waals surface area (Å²) in [5.74, 6) is 0.228. The smallest absolute Gasteiger partial charge is 0.359 e. The van der Waals surface area contributed by atoms with Gasteiger partial charge >= 0.3 is 5.97 Å². The summed E-state index contributed by atoms with van der Waals surface area (Å²) >= 11 is 0. The highest BCUT2D eigenvalue weighted by molar-refractivity contribution is 6.02. The molecule has 0 saturated carbocycles. The van der Waals surface area contributed by atoms with E-state index in [0.29, 0.717) is 31.0 Å². The van der Waals surface area contributed by atoms with Crippen molar-refractivity contribution in [1.29, 1.82) is 0 Å². The van der Waals surface area contributed by atoms with Gasteiger partial charge in [-0.05, 0) is 24.6 Å². The highest BCUT2D eigenvalue weighted by atomic mass is 16.5. The first-order valence-electron chi connectivity index (χ1n) is 9.14. The van der Waals surface area contributed by atoms with Gasteiger partial charge in [-0.2, -0.15) is 5.10 Å². The average molecular weight is 384 g/mol. The Morgan fingerprint density at radius 2 is 1.93 bits per heavy atom. The van der Waals surface area contributed by atoms with Crippen LogP contribution in [0.5, 0.6) is 5.75 Å². The number of carbonyl (C=O) groups is 1. The van der Waals surface area contributed by atoms with Crippen LogP contribution in [0.25, 0.3) is 10.9 Å². The zero-order valence-corrected chi connectivity index (χ0v) is 16.1. The van der Waals surface area contributed by atoms with Gasteiger partial charge in [-0.15, -0.1) is 0 Å². The van der Waals surface area contributed by atoms with Crippen molar-refractivity contribution in [3.8, 4) is 5.75 Å². The van der Waals surface area contributed by atoms with Gasteiger partial charge in [-0.25, -0.2) is 9.48 Å². The molecule has 2 aromatic carbocycles. The van der Waals surface area contributed by atoms with E-state index >= 15 is 0 Å². The van der Waals surface area contributed by atoms with Gasteiger partial charge in [0, 0.05) is 18.6 Å². The maximum Gasteiger partial charge on any atom is 0.359 e. The van der Waals surface area contributed by atoms with Gasteiger partial charge in [0.15, 0.2) is 5.69 Å². The largest absolute Gasteiger partial charge is 0.489 e. The lowest BCUT2D eigenvalue weighted by atomic mass is 10.2. The lowest BCUT2D eigenvalue weighted by Gasteiger charge is -2.08. The number of methoxy groups -OCH3 is 1. The highest BCUT2D eigenvalue weighted by Gasteiger charge is 2.19. The summed E-state index contributed by atoms with van der Waals surface area (Å²) in [6.07, 6.45) is 0. The maximum absolute atomic E-state index is 12.3. The molecular weight excluding hydrogens is 360 g/mol. The number of fused-ring (bicyclic) bond motifs is 1. The summed E-state index contributed by atoms with van der Waals surface area (Å²) < 4.78 is 23.2. The van der Waals surface area contributed by atoms with Gasteiger partial charge in [-0.3, -0.25) is 0 Å². The molecule has 0 fully saturated rings. The minimum absolute atomic E-state index is 0.196. The number of aromatic nitrogens is 2. The number of rotatable bonds is 10. The van der Waals surface area contributed by atoms with Crippen molar-refractivity contribution in [1.82, 2.24) is 9.78 Å². The van der Waals surface area contributed by atoms with Gasteiger partial charge in [0.25, 0.3) is 0 Å². The molecule has 0 bridgehead atoms. The third kappa shape index (κ3) is 4.88. The molecule has 0 saturated heterocycles. The van der Waals surface area contributed by atoms with E-state index in [1.807, 2.05) is 48.5 Å². The standard InChI is InChI=1S/C21H24N2O5/c1-3-27-21(24)20-18-10-9-17(28-14-16-7-5-4-6-8-16)13-19(18)23(22-20)15-26-12-11-25-2/h4-10,13H,3,11-12,14-15H2,1-2H3. The molecule has 0 aliphatic heterocycles. The van der Waals surface area contributed by atoms with E-state index in [1.54, 1.807) is 18.7 Å². The lowest BCUT2D eigenvalue weighted by molar-refractivity contribution is 0.0300. The molecule has 7 nitrogen and oxygen atoms in total. The molecule has 3 aromatic rings. The lowest BCUT2D eigenvalue weighted by Crippen LogP contribution is -2.10. The predicted octanol–water partition coefficient (Wildman–Crippen LogP) is 3.41. The number of hydrogen-bond acceptors (Lipinski definition) is 6. The third-order valence-corrected chi connectivity index (χ3v) is 4.09. The molecule has 1 heterocycles. The summed E-state index contributed by atoms with van der Waals surface area (Å²) in [7, 11) is 1.61.